The van der Waals surface area contributed by atoms with Crippen molar-refractivity contribution in [3.63, 3.8) is 0 Å². The number of rotatable bonds is 6. The first-order chi connectivity index (χ1) is 5.81. The molecule has 0 aliphatic heterocycles. The zero-order valence-electron chi connectivity index (χ0n) is 7.64. The van der Waals surface area contributed by atoms with Crippen molar-refractivity contribution in [2.24, 2.45) is 0 Å². The molecule has 0 unspecified atom stereocenters. The first-order valence-electron chi connectivity index (χ1n) is 4.32. The Hall–Kier alpha value is -0.570. The van der Waals surface area contributed by atoms with Crippen molar-refractivity contribution in [1.29, 1.82) is 0 Å². The van der Waals surface area contributed by atoms with Crippen molar-refractivity contribution in [2.45, 2.75) is 26.2 Å². The highest BCUT2D eigenvalue weighted by Gasteiger charge is 1.92. The molecule has 12 heavy (non-hydrogen) atoms. The van der Waals surface area contributed by atoms with Gasteiger partial charge in [-0.05, 0) is 18.6 Å². The van der Waals surface area contributed by atoms with Gasteiger partial charge in [0, 0.05) is 6.54 Å². The molecule has 1 N–H and O–H groups in total. The van der Waals surface area contributed by atoms with Crippen LogP contribution in [0, 0.1) is 0 Å². The van der Waals surface area contributed by atoms with Crippen LogP contribution in [-0.2, 0) is 4.74 Å². The van der Waals surface area contributed by atoms with E-state index in [0.29, 0.717) is 11.8 Å². The second-order valence-corrected chi connectivity index (χ2v) is 2.89. The van der Waals surface area contributed by atoms with Crippen molar-refractivity contribution >= 4 is 17.4 Å². The average molecular weight is 187 g/mol. The molecular weight excluding hydrogens is 170 g/mol. The Kier molecular flexibility index (Phi) is 8.12. The van der Waals surface area contributed by atoms with Gasteiger partial charge in [0.15, 0.2) is 0 Å². The van der Waals surface area contributed by atoms with Gasteiger partial charge >= 0.3 is 0 Å². The fraction of sp³-hybridized carbons (Fsp3) is 0.667. The molecule has 3 heteroatoms. The number of nitrogens with one attached hydrogen (secondary N) is 1. The van der Waals surface area contributed by atoms with Crippen molar-refractivity contribution in [3.8, 4) is 0 Å². The lowest BCUT2D eigenvalue weighted by atomic mass is 10.2. The van der Waals surface area contributed by atoms with Crippen molar-refractivity contribution in [2.75, 3.05) is 13.2 Å². The summed E-state index contributed by atoms with van der Waals surface area (Å²) in [6, 6.07) is 0. The van der Waals surface area contributed by atoms with Crippen molar-refractivity contribution < 1.29 is 4.74 Å². The van der Waals surface area contributed by atoms with Crippen molar-refractivity contribution in [1.82, 2.24) is 5.32 Å². The third-order valence-corrected chi connectivity index (χ3v) is 1.64. The van der Waals surface area contributed by atoms with E-state index in [1.54, 1.807) is 6.08 Å². The highest BCUT2D eigenvalue weighted by Crippen LogP contribution is 1.91. The van der Waals surface area contributed by atoms with Crippen LogP contribution in [0.4, 0.5) is 0 Å². The van der Waals surface area contributed by atoms with Gasteiger partial charge in [0.1, 0.15) is 6.61 Å². The van der Waals surface area contributed by atoms with Crippen LogP contribution < -0.4 is 5.32 Å². The molecule has 0 aromatic carbocycles. The average Bonchev–Trinajstić information content (AvgIpc) is 2.09. The van der Waals surface area contributed by atoms with Crippen LogP contribution in [0.15, 0.2) is 12.7 Å². The molecule has 70 valence electrons. The van der Waals surface area contributed by atoms with Gasteiger partial charge in [-0.3, -0.25) is 0 Å². The predicted molar refractivity (Wildman–Crippen MR) is 56.3 cm³/mol. The van der Waals surface area contributed by atoms with E-state index >= 15 is 0 Å². The Labute approximate surface area is 80.0 Å². The van der Waals surface area contributed by atoms with Gasteiger partial charge in [0.2, 0.25) is 0 Å². The SMILES string of the molecule is C=CCOC(=S)NCCCCC. The quantitative estimate of drug-likeness (QED) is 0.391. The van der Waals surface area contributed by atoms with Gasteiger partial charge in [-0.15, -0.1) is 0 Å². The molecule has 0 atom stereocenters. The molecule has 0 bridgehead atoms. The maximum Gasteiger partial charge on any atom is 0.256 e. The molecule has 0 amide bonds. The van der Waals surface area contributed by atoms with Gasteiger partial charge in [-0.25, -0.2) is 0 Å². The molecule has 0 radical (unpaired) electrons. The first kappa shape index (κ1) is 11.4. The van der Waals surface area contributed by atoms with Gasteiger partial charge in [0.05, 0.1) is 0 Å². The van der Waals surface area contributed by atoms with E-state index in [1.165, 1.54) is 12.8 Å². The van der Waals surface area contributed by atoms with Crippen LogP contribution in [0.25, 0.3) is 0 Å². The monoisotopic (exact) mass is 187 g/mol. The Morgan fingerprint density at radius 1 is 1.58 bits per heavy atom. The molecule has 0 fully saturated rings. The van der Waals surface area contributed by atoms with Gasteiger partial charge in [0.25, 0.3) is 5.17 Å². The second kappa shape index (κ2) is 8.53. The van der Waals surface area contributed by atoms with E-state index in [4.69, 9.17) is 17.0 Å². The summed E-state index contributed by atoms with van der Waals surface area (Å²) in [6.07, 6.45) is 5.28. The van der Waals surface area contributed by atoms with E-state index < -0.39 is 0 Å². The van der Waals surface area contributed by atoms with Crippen molar-refractivity contribution in [3.05, 3.63) is 12.7 Å². The van der Waals surface area contributed by atoms with Crippen LogP contribution >= 0.6 is 12.2 Å². The van der Waals surface area contributed by atoms with E-state index in [1.807, 2.05) is 0 Å². The largest absolute Gasteiger partial charge is 0.467 e. The highest BCUT2D eigenvalue weighted by atomic mass is 32.1. The van der Waals surface area contributed by atoms with E-state index in [-0.39, 0.29) is 0 Å². The lowest BCUT2D eigenvalue weighted by Gasteiger charge is -2.06. The summed E-state index contributed by atoms with van der Waals surface area (Å²) in [7, 11) is 0. The summed E-state index contributed by atoms with van der Waals surface area (Å²) in [5, 5.41) is 3.49. The molecule has 0 aliphatic rings. The summed E-state index contributed by atoms with van der Waals surface area (Å²) in [5.41, 5.74) is 0. The van der Waals surface area contributed by atoms with Crippen LogP contribution in [-0.4, -0.2) is 18.3 Å². The molecule has 0 rings (SSSR count). The maximum atomic E-state index is 5.07. The minimum atomic E-state index is 0.478. The smallest absolute Gasteiger partial charge is 0.256 e. The Morgan fingerprint density at radius 2 is 2.33 bits per heavy atom. The summed E-state index contributed by atoms with van der Waals surface area (Å²) in [6.45, 7) is 7.10. The maximum absolute atomic E-state index is 5.07. The molecule has 0 spiro atoms. The topological polar surface area (TPSA) is 21.3 Å². The lowest BCUT2D eigenvalue weighted by molar-refractivity contribution is 0.342. The number of ether oxygens (including phenoxy) is 1. The van der Waals surface area contributed by atoms with Crippen LogP contribution in [0.2, 0.25) is 0 Å². The fourth-order valence-corrected chi connectivity index (χ4v) is 0.921. The Bertz CT molecular complexity index is 136. The summed E-state index contributed by atoms with van der Waals surface area (Å²) >= 11 is 4.89. The molecule has 0 heterocycles. The molecule has 0 aromatic heterocycles. The number of hydrogen-bond donors (Lipinski definition) is 1. The molecule has 2 nitrogen and oxygen atoms in total. The Balaban J connectivity index is 3.13. The predicted octanol–water partition coefficient (Wildman–Crippen LogP) is 2.25. The third-order valence-electron chi connectivity index (χ3n) is 1.38. The molecule has 0 aromatic rings. The van der Waals surface area contributed by atoms with Crippen LogP contribution in [0.3, 0.4) is 0 Å². The van der Waals surface area contributed by atoms with Gasteiger partial charge in [-0.1, -0.05) is 32.4 Å². The molecule has 0 saturated heterocycles. The van der Waals surface area contributed by atoms with Crippen LogP contribution in [0.5, 0.6) is 0 Å². The number of unbranched alkanes of at least 4 members (excludes halogenated alkanes) is 2. The standard InChI is InChI=1S/C9H17NOS/c1-3-5-6-7-10-9(12)11-8-4-2/h4H,2-3,5-8H2,1H3,(H,10,12). The highest BCUT2D eigenvalue weighted by molar-refractivity contribution is 7.80. The van der Waals surface area contributed by atoms with E-state index in [2.05, 4.69) is 18.8 Å². The lowest BCUT2D eigenvalue weighted by Crippen LogP contribution is -2.24. The van der Waals surface area contributed by atoms with Crippen LogP contribution in [0.1, 0.15) is 26.2 Å². The summed E-state index contributed by atoms with van der Waals surface area (Å²) < 4.78 is 5.07. The molecular formula is C9H17NOS. The normalized spacial score (nSPS) is 9.08. The summed E-state index contributed by atoms with van der Waals surface area (Å²) in [4.78, 5) is 0. The fourth-order valence-electron chi connectivity index (χ4n) is 0.751. The number of thiocarbonyl (C=S) groups is 1. The number of hydrogen-bond acceptors (Lipinski definition) is 2. The van der Waals surface area contributed by atoms with E-state index in [9.17, 15) is 0 Å². The summed E-state index contributed by atoms with van der Waals surface area (Å²) in [5.74, 6) is 0. The van der Waals surface area contributed by atoms with Gasteiger partial charge in [-0.2, -0.15) is 0 Å². The first-order valence-corrected chi connectivity index (χ1v) is 4.73. The second-order valence-electron chi connectivity index (χ2n) is 2.52. The minimum absolute atomic E-state index is 0.478. The zero-order valence-corrected chi connectivity index (χ0v) is 8.45. The third kappa shape index (κ3) is 7.54. The Morgan fingerprint density at radius 3 is 2.92 bits per heavy atom. The molecule has 0 saturated carbocycles. The van der Waals surface area contributed by atoms with E-state index in [0.717, 1.165) is 13.0 Å². The molecule has 0 aliphatic carbocycles. The van der Waals surface area contributed by atoms with Gasteiger partial charge < -0.3 is 10.1 Å². The zero-order chi connectivity index (χ0) is 9.23. The minimum Gasteiger partial charge on any atom is -0.467 e.